The number of methoxy groups -OCH3 is 1. The van der Waals surface area contributed by atoms with Gasteiger partial charge in [0.25, 0.3) is 0 Å². The maximum atomic E-state index is 6.08. The lowest BCUT2D eigenvalue weighted by Gasteiger charge is -2.23. The van der Waals surface area contributed by atoms with Crippen LogP contribution in [0.5, 0.6) is 11.5 Å². The molecule has 2 aromatic carbocycles. The van der Waals surface area contributed by atoms with E-state index < -0.39 is 0 Å². The SMILES string of the molecule is COc1ccc2c(c1)C[C@@H](c1nc3ccc(-c4cncnc4)cc3o1)CO2. The van der Waals surface area contributed by atoms with Crippen LogP contribution in [0.2, 0.25) is 0 Å². The van der Waals surface area contributed by atoms with Crippen LogP contribution < -0.4 is 9.47 Å². The summed E-state index contributed by atoms with van der Waals surface area (Å²) < 4.78 is 17.3. The number of aromatic nitrogens is 3. The van der Waals surface area contributed by atoms with E-state index in [-0.39, 0.29) is 5.92 Å². The summed E-state index contributed by atoms with van der Waals surface area (Å²) in [5, 5.41) is 0. The van der Waals surface area contributed by atoms with Gasteiger partial charge in [0, 0.05) is 18.0 Å². The first-order valence-electron chi connectivity index (χ1n) is 8.76. The van der Waals surface area contributed by atoms with Crippen molar-refractivity contribution in [2.24, 2.45) is 0 Å². The van der Waals surface area contributed by atoms with E-state index in [0.29, 0.717) is 12.5 Å². The monoisotopic (exact) mass is 359 g/mol. The van der Waals surface area contributed by atoms with Crippen LogP contribution in [0.3, 0.4) is 0 Å². The molecule has 134 valence electrons. The zero-order chi connectivity index (χ0) is 18.2. The topological polar surface area (TPSA) is 70.3 Å². The lowest BCUT2D eigenvalue weighted by atomic mass is 9.96. The normalized spacial score (nSPS) is 16.0. The molecule has 6 nitrogen and oxygen atoms in total. The summed E-state index contributed by atoms with van der Waals surface area (Å²) in [6.07, 6.45) is 5.89. The molecule has 0 amide bonds. The third-order valence-electron chi connectivity index (χ3n) is 4.82. The van der Waals surface area contributed by atoms with Crippen molar-refractivity contribution >= 4 is 11.1 Å². The van der Waals surface area contributed by atoms with Crippen LogP contribution in [0.25, 0.3) is 22.2 Å². The van der Waals surface area contributed by atoms with Gasteiger partial charge in [0.1, 0.15) is 29.9 Å². The van der Waals surface area contributed by atoms with E-state index in [0.717, 1.165) is 45.7 Å². The Bertz CT molecular complexity index is 1110. The van der Waals surface area contributed by atoms with Crippen molar-refractivity contribution in [3.8, 4) is 22.6 Å². The van der Waals surface area contributed by atoms with Crippen LogP contribution in [0.1, 0.15) is 17.4 Å². The molecule has 0 bridgehead atoms. The molecule has 0 saturated carbocycles. The molecule has 1 aliphatic rings. The Balaban J connectivity index is 1.47. The van der Waals surface area contributed by atoms with Crippen LogP contribution in [-0.4, -0.2) is 28.7 Å². The van der Waals surface area contributed by atoms with E-state index in [1.807, 2.05) is 36.4 Å². The average molecular weight is 359 g/mol. The molecule has 0 spiro atoms. The Morgan fingerprint density at radius 1 is 1.04 bits per heavy atom. The van der Waals surface area contributed by atoms with E-state index >= 15 is 0 Å². The van der Waals surface area contributed by atoms with E-state index in [1.165, 1.54) is 6.33 Å². The fourth-order valence-electron chi connectivity index (χ4n) is 3.40. The van der Waals surface area contributed by atoms with Gasteiger partial charge in [0.2, 0.25) is 5.89 Å². The molecule has 0 aliphatic carbocycles. The first-order valence-corrected chi connectivity index (χ1v) is 8.76. The summed E-state index contributed by atoms with van der Waals surface area (Å²) >= 11 is 0. The molecule has 0 radical (unpaired) electrons. The smallest absolute Gasteiger partial charge is 0.202 e. The van der Waals surface area contributed by atoms with Gasteiger partial charge in [-0.3, -0.25) is 0 Å². The number of hydrogen-bond acceptors (Lipinski definition) is 6. The number of rotatable bonds is 3. The maximum Gasteiger partial charge on any atom is 0.202 e. The summed E-state index contributed by atoms with van der Waals surface area (Å²) in [5.74, 6) is 2.49. The summed E-state index contributed by atoms with van der Waals surface area (Å²) in [6, 6.07) is 11.8. The van der Waals surface area contributed by atoms with Crippen molar-refractivity contribution in [3.05, 3.63) is 66.6 Å². The Kier molecular flexibility index (Phi) is 3.74. The van der Waals surface area contributed by atoms with Crippen LogP contribution in [0.4, 0.5) is 0 Å². The molecule has 0 saturated heterocycles. The number of fused-ring (bicyclic) bond motifs is 2. The van der Waals surface area contributed by atoms with Crippen molar-refractivity contribution in [2.75, 3.05) is 13.7 Å². The number of hydrogen-bond donors (Lipinski definition) is 0. The predicted octanol–water partition coefficient (Wildman–Crippen LogP) is 4.01. The average Bonchev–Trinajstić information content (AvgIpc) is 3.17. The van der Waals surface area contributed by atoms with Gasteiger partial charge in [-0.25, -0.2) is 15.0 Å². The minimum Gasteiger partial charge on any atom is -0.497 e. The molecule has 1 atom stereocenters. The molecule has 3 heterocycles. The quantitative estimate of drug-likeness (QED) is 0.550. The lowest BCUT2D eigenvalue weighted by molar-refractivity contribution is 0.243. The number of oxazole rings is 1. The lowest BCUT2D eigenvalue weighted by Crippen LogP contribution is -2.19. The fraction of sp³-hybridized carbons (Fsp3) is 0.190. The third-order valence-corrected chi connectivity index (χ3v) is 4.82. The summed E-state index contributed by atoms with van der Waals surface area (Å²) in [6.45, 7) is 0.547. The van der Waals surface area contributed by atoms with Crippen molar-refractivity contribution in [2.45, 2.75) is 12.3 Å². The third kappa shape index (κ3) is 2.89. The van der Waals surface area contributed by atoms with E-state index in [1.54, 1.807) is 19.5 Å². The second-order valence-electron chi connectivity index (χ2n) is 6.55. The Hall–Kier alpha value is -3.41. The van der Waals surface area contributed by atoms with Crippen molar-refractivity contribution in [1.82, 2.24) is 15.0 Å². The Labute approximate surface area is 155 Å². The Morgan fingerprint density at radius 2 is 1.93 bits per heavy atom. The van der Waals surface area contributed by atoms with Crippen LogP contribution in [0, 0.1) is 0 Å². The van der Waals surface area contributed by atoms with Crippen LogP contribution in [-0.2, 0) is 6.42 Å². The molecule has 5 rings (SSSR count). The second-order valence-corrected chi connectivity index (χ2v) is 6.55. The van der Waals surface area contributed by atoms with Crippen molar-refractivity contribution < 1.29 is 13.9 Å². The minimum absolute atomic E-state index is 0.0699. The zero-order valence-electron chi connectivity index (χ0n) is 14.8. The van der Waals surface area contributed by atoms with Gasteiger partial charge in [0.05, 0.1) is 13.0 Å². The summed E-state index contributed by atoms with van der Waals surface area (Å²) in [7, 11) is 1.67. The van der Waals surface area contributed by atoms with Gasteiger partial charge >= 0.3 is 0 Å². The number of ether oxygens (including phenoxy) is 2. The highest BCUT2D eigenvalue weighted by Gasteiger charge is 2.26. The Morgan fingerprint density at radius 3 is 2.78 bits per heavy atom. The summed E-state index contributed by atoms with van der Waals surface area (Å²) in [5.41, 5.74) is 4.64. The fourth-order valence-corrected chi connectivity index (χ4v) is 3.40. The van der Waals surface area contributed by atoms with Crippen molar-refractivity contribution in [3.63, 3.8) is 0 Å². The van der Waals surface area contributed by atoms with Crippen molar-refractivity contribution in [1.29, 1.82) is 0 Å². The first-order chi connectivity index (χ1) is 13.3. The maximum absolute atomic E-state index is 6.08. The first kappa shape index (κ1) is 15.8. The second kappa shape index (κ2) is 6.39. The zero-order valence-corrected chi connectivity index (χ0v) is 14.8. The summed E-state index contributed by atoms with van der Waals surface area (Å²) in [4.78, 5) is 12.8. The van der Waals surface area contributed by atoms with E-state index in [2.05, 4.69) is 15.0 Å². The van der Waals surface area contributed by atoms with Gasteiger partial charge in [-0.2, -0.15) is 0 Å². The molecule has 0 unspecified atom stereocenters. The molecule has 0 fully saturated rings. The van der Waals surface area contributed by atoms with Gasteiger partial charge < -0.3 is 13.9 Å². The molecule has 4 aromatic rings. The van der Waals surface area contributed by atoms with Gasteiger partial charge in [-0.05, 0) is 47.9 Å². The molecular weight excluding hydrogens is 342 g/mol. The molecule has 0 N–H and O–H groups in total. The number of nitrogens with zero attached hydrogens (tertiary/aromatic N) is 3. The molecule has 1 aliphatic heterocycles. The standard InChI is InChI=1S/C21H17N3O3/c1-25-17-3-5-19-14(7-17)6-15(11-26-19)21-24-18-4-2-13(8-20(18)27-21)16-9-22-12-23-10-16/h2-5,7-10,12,15H,6,11H2,1H3/t15-/m1/s1. The van der Waals surface area contributed by atoms with E-state index in [4.69, 9.17) is 13.9 Å². The van der Waals surface area contributed by atoms with E-state index in [9.17, 15) is 0 Å². The molecule has 27 heavy (non-hydrogen) atoms. The molecule has 6 heteroatoms. The highest BCUT2D eigenvalue weighted by molar-refractivity contribution is 5.80. The number of benzene rings is 2. The molecule has 2 aromatic heterocycles. The highest BCUT2D eigenvalue weighted by Crippen LogP contribution is 2.35. The molecular formula is C21H17N3O3. The van der Waals surface area contributed by atoms with Gasteiger partial charge in [-0.15, -0.1) is 0 Å². The van der Waals surface area contributed by atoms with Gasteiger partial charge in [0.15, 0.2) is 5.58 Å². The van der Waals surface area contributed by atoms with Crippen LogP contribution >= 0.6 is 0 Å². The minimum atomic E-state index is 0.0699. The van der Waals surface area contributed by atoms with Gasteiger partial charge in [-0.1, -0.05) is 6.07 Å². The predicted molar refractivity (Wildman–Crippen MR) is 100.0 cm³/mol. The largest absolute Gasteiger partial charge is 0.497 e. The highest BCUT2D eigenvalue weighted by atomic mass is 16.5. The van der Waals surface area contributed by atoms with Crippen LogP contribution in [0.15, 0.2) is 59.5 Å².